The largest absolute Gasteiger partial charge is 0.661 e. The molecule has 1 fully saturated rings. The summed E-state index contributed by atoms with van der Waals surface area (Å²) in [6, 6.07) is 8.89. The van der Waals surface area contributed by atoms with Crippen molar-refractivity contribution in [2.75, 3.05) is 17.7 Å². The van der Waals surface area contributed by atoms with E-state index in [2.05, 4.69) is 0 Å². The molecule has 1 saturated heterocycles. The van der Waals surface area contributed by atoms with Gasteiger partial charge in [0.25, 0.3) is 0 Å². The summed E-state index contributed by atoms with van der Waals surface area (Å²) in [6.07, 6.45) is 1.09. The van der Waals surface area contributed by atoms with E-state index in [4.69, 9.17) is 4.74 Å². The number of rotatable bonds is 3. The van der Waals surface area contributed by atoms with E-state index in [0.29, 0.717) is 5.75 Å². The third-order valence-corrected chi connectivity index (χ3v) is 10.7. The number of benzene rings is 1. The summed E-state index contributed by atoms with van der Waals surface area (Å²) in [5, 5.41) is 0. The fraction of sp³-hybridized carbons (Fsp3) is 0.364. The van der Waals surface area contributed by atoms with Crippen LogP contribution in [0.4, 0.5) is 0 Å². The van der Waals surface area contributed by atoms with Gasteiger partial charge in [0.15, 0.2) is 6.16 Å². The van der Waals surface area contributed by atoms with E-state index in [9.17, 15) is 9.69 Å². The normalized spacial score (nSPS) is 18.6. The molecule has 3 nitrogen and oxygen atoms in total. The van der Waals surface area contributed by atoms with E-state index in [1.54, 1.807) is 24.3 Å². The molecule has 17 heavy (non-hydrogen) atoms. The number of hydrogen-bond acceptors (Lipinski definition) is 5. The molecule has 0 aromatic heterocycles. The van der Waals surface area contributed by atoms with Crippen LogP contribution in [0.1, 0.15) is 6.42 Å². The van der Waals surface area contributed by atoms with Gasteiger partial charge >= 0.3 is 5.97 Å². The van der Waals surface area contributed by atoms with Crippen molar-refractivity contribution in [3.8, 4) is 5.75 Å². The number of para-hydroxylation sites is 1. The fourth-order valence-corrected chi connectivity index (χ4v) is 9.19. The lowest BCUT2D eigenvalue weighted by Crippen LogP contribution is -2.21. The topological polar surface area (TPSA) is 49.4 Å². The Morgan fingerprint density at radius 1 is 1.29 bits per heavy atom. The minimum absolute atomic E-state index is 0.0250. The van der Waals surface area contributed by atoms with E-state index in [1.165, 1.54) is 22.8 Å². The molecule has 1 aliphatic heterocycles. The molecule has 6 heteroatoms. The van der Waals surface area contributed by atoms with Crippen LogP contribution in [0, 0.1) is 0 Å². The third kappa shape index (κ3) is 4.18. The van der Waals surface area contributed by atoms with Gasteiger partial charge in [0.1, 0.15) is 5.75 Å². The molecular formula is C11H13O3PS2. The van der Waals surface area contributed by atoms with Crippen LogP contribution in [-0.2, 0) is 4.79 Å². The molecule has 1 aromatic carbocycles. The van der Waals surface area contributed by atoms with Crippen LogP contribution in [0.3, 0.4) is 0 Å². The highest BCUT2D eigenvalue weighted by molar-refractivity contribution is 8.93. The first-order valence-corrected chi connectivity index (χ1v) is 10.4. The summed E-state index contributed by atoms with van der Waals surface area (Å²) in [6.45, 7) is 0. The molecule has 0 bridgehead atoms. The smallest absolute Gasteiger partial charge is 0.350 e. The first kappa shape index (κ1) is 13.2. The van der Waals surface area contributed by atoms with Crippen molar-refractivity contribution >= 4 is 34.6 Å². The first-order valence-electron chi connectivity index (χ1n) is 5.32. The van der Waals surface area contributed by atoms with Crippen molar-refractivity contribution in [3.05, 3.63) is 30.3 Å². The maximum Gasteiger partial charge on any atom is 0.350 e. The zero-order chi connectivity index (χ0) is 12.1. The maximum absolute atomic E-state index is 12.3. The first-order chi connectivity index (χ1) is 8.18. The highest BCUT2D eigenvalue weighted by Crippen LogP contribution is 2.74. The monoisotopic (exact) mass is 288 g/mol. The van der Waals surface area contributed by atoms with Gasteiger partial charge in [0.2, 0.25) is 0 Å². The number of hydrogen-bond donors (Lipinski definition) is 0. The van der Waals surface area contributed by atoms with Crippen LogP contribution in [0.2, 0.25) is 0 Å². The summed E-state index contributed by atoms with van der Waals surface area (Å²) < 4.78 is 5.14. The van der Waals surface area contributed by atoms with Gasteiger partial charge in [-0.25, -0.2) is 4.79 Å². The molecule has 0 saturated carbocycles. The second-order valence-corrected chi connectivity index (χ2v) is 12.2. The predicted molar refractivity (Wildman–Crippen MR) is 73.4 cm³/mol. The number of ether oxygens (including phenoxy) is 1. The van der Waals surface area contributed by atoms with Crippen LogP contribution in [0.15, 0.2) is 30.3 Å². The molecule has 92 valence electrons. The Morgan fingerprint density at radius 3 is 2.59 bits per heavy atom. The summed E-state index contributed by atoms with van der Waals surface area (Å²) in [5.74, 6) is -0.583. The zero-order valence-electron chi connectivity index (χ0n) is 9.20. The molecule has 2 rings (SSSR count). The van der Waals surface area contributed by atoms with E-state index >= 15 is 0 Å². The van der Waals surface area contributed by atoms with Gasteiger partial charge in [-0.2, -0.15) is 0 Å². The number of carbonyl (C=O) groups is 1. The van der Waals surface area contributed by atoms with Crippen LogP contribution in [0.5, 0.6) is 5.75 Å². The van der Waals surface area contributed by atoms with Crippen molar-refractivity contribution in [2.45, 2.75) is 6.42 Å². The molecule has 0 aliphatic carbocycles. The Morgan fingerprint density at radius 2 is 1.94 bits per heavy atom. The highest BCUT2D eigenvalue weighted by atomic mass is 33.1. The predicted octanol–water partition coefficient (Wildman–Crippen LogP) is 2.59. The highest BCUT2D eigenvalue weighted by Gasteiger charge is 2.35. The fourth-order valence-electron chi connectivity index (χ4n) is 1.41. The van der Waals surface area contributed by atoms with Gasteiger partial charge in [-0.15, -0.1) is 0 Å². The lowest BCUT2D eigenvalue weighted by molar-refractivity contribution is -0.158. The summed E-state index contributed by atoms with van der Waals surface area (Å²) in [4.78, 5) is 23.9. The van der Waals surface area contributed by atoms with E-state index in [1.807, 2.05) is 6.07 Å². The average molecular weight is 288 g/mol. The van der Waals surface area contributed by atoms with Gasteiger partial charge in [-0.1, -0.05) is 18.2 Å². The Kier molecular flexibility index (Phi) is 4.74. The Hall–Kier alpha value is -0.220. The zero-order valence-corrected chi connectivity index (χ0v) is 11.7. The molecule has 0 amide bonds. The van der Waals surface area contributed by atoms with Crippen molar-refractivity contribution in [1.29, 1.82) is 0 Å². The second kappa shape index (κ2) is 6.10. The molecular weight excluding hydrogens is 275 g/mol. The molecule has 0 radical (unpaired) electrons. The SMILES string of the molecule is O=C(C[P+]1([O-])SCCCS1)Oc1ccccc1. The van der Waals surface area contributed by atoms with Crippen LogP contribution in [0.25, 0.3) is 0 Å². The molecule has 0 N–H and O–H groups in total. The van der Waals surface area contributed by atoms with Gasteiger partial charge in [-0.3, -0.25) is 0 Å². The van der Waals surface area contributed by atoms with Gasteiger partial charge < -0.3 is 9.63 Å². The summed E-state index contributed by atoms with van der Waals surface area (Å²) in [7, 11) is 0. The van der Waals surface area contributed by atoms with Gasteiger partial charge in [-0.05, 0) is 18.6 Å². The molecule has 0 spiro atoms. The summed E-state index contributed by atoms with van der Waals surface area (Å²) >= 11 is 2.84. The number of esters is 1. The average Bonchev–Trinajstić information content (AvgIpc) is 2.30. The van der Waals surface area contributed by atoms with E-state index in [-0.39, 0.29) is 6.16 Å². The van der Waals surface area contributed by atoms with Crippen LogP contribution in [-0.4, -0.2) is 23.6 Å². The standard InChI is InChI=1S/C11H13O3PS2/c12-11(14-10-5-2-1-3-6-10)9-15(13)16-7-4-8-17-15/h1-3,5-6H,4,7-9H2. The Labute approximate surface area is 109 Å². The van der Waals surface area contributed by atoms with Gasteiger partial charge in [0, 0.05) is 34.3 Å². The van der Waals surface area contributed by atoms with E-state index < -0.39 is 11.9 Å². The lowest BCUT2D eigenvalue weighted by Gasteiger charge is -2.29. The minimum atomic E-state index is -2.45. The molecule has 0 atom stereocenters. The lowest BCUT2D eigenvalue weighted by atomic mass is 10.3. The van der Waals surface area contributed by atoms with Crippen molar-refractivity contribution in [1.82, 2.24) is 0 Å². The quantitative estimate of drug-likeness (QED) is 0.486. The van der Waals surface area contributed by atoms with Crippen molar-refractivity contribution < 1.29 is 14.4 Å². The molecule has 1 heterocycles. The minimum Gasteiger partial charge on any atom is -0.661 e. The second-order valence-electron chi connectivity index (χ2n) is 3.58. The maximum atomic E-state index is 12.3. The van der Waals surface area contributed by atoms with Crippen LogP contribution < -0.4 is 9.63 Å². The van der Waals surface area contributed by atoms with Crippen molar-refractivity contribution in [3.63, 3.8) is 0 Å². The van der Waals surface area contributed by atoms with Crippen molar-refractivity contribution in [2.24, 2.45) is 0 Å². The Balaban J connectivity index is 1.88. The number of carbonyl (C=O) groups excluding carboxylic acids is 1. The van der Waals surface area contributed by atoms with Crippen LogP contribution >= 0.6 is 28.7 Å². The molecule has 1 aromatic rings. The Bertz CT molecular complexity index is 380. The third-order valence-electron chi connectivity index (χ3n) is 2.16. The van der Waals surface area contributed by atoms with E-state index in [0.717, 1.165) is 17.9 Å². The molecule has 0 unspecified atom stereocenters. The molecule has 1 aliphatic rings. The summed E-state index contributed by atoms with van der Waals surface area (Å²) in [5.41, 5.74) is 0. The van der Waals surface area contributed by atoms with Gasteiger partial charge in [0.05, 0.1) is 5.89 Å².